The van der Waals surface area contributed by atoms with Gasteiger partial charge < -0.3 is 5.32 Å². The Morgan fingerprint density at radius 1 is 1.24 bits per heavy atom. The third-order valence-corrected chi connectivity index (χ3v) is 5.04. The number of fused-ring (bicyclic) bond motifs is 1. The van der Waals surface area contributed by atoms with E-state index < -0.39 is 0 Å². The lowest BCUT2D eigenvalue weighted by Crippen LogP contribution is -2.39. The molecular weight excluding hydrogens is 314 g/mol. The second-order valence-corrected chi connectivity index (χ2v) is 7.20. The summed E-state index contributed by atoms with van der Waals surface area (Å²) >= 11 is 0. The van der Waals surface area contributed by atoms with Crippen LogP contribution < -0.4 is 5.32 Å². The molecule has 4 rings (SSSR count). The Morgan fingerprint density at radius 2 is 2.16 bits per heavy atom. The smallest absolute Gasteiger partial charge is 0.220 e. The average molecular weight is 339 g/mol. The SMILES string of the molecule is O=C(CC1CC1)NCCC1CN(Cc2ccccn2)Cc2ccnn21. The van der Waals surface area contributed by atoms with E-state index in [9.17, 15) is 4.79 Å². The zero-order valence-corrected chi connectivity index (χ0v) is 14.5. The maximum Gasteiger partial charge on any atom is 0.220 e. The molecule has 2 aromatic rings. The van der Waals surface area contributed by atoms with Crippen molar-refractivity contribution in [2.75, 3.05) is 13.1 Å². The van der Waals surface area contributed by atoms with Crippen molar-refractivity contribution < 1.29 is 4.79 Å². The molecule has 1 unspecified atom stereocenters. The van der Waals surface area contributed by atoms with E-state index >= 15 is 0 Å². The first-order chi connectivity index (χ1) is 12.3. The molecule has 1 amide bonds. The van der Waals surface area contributed by atoms with E-state index in [0.29, 0.717) is 24.9 Å². The molecule has 25 heavy (non-hydrogen) atoms. The van der Waals surface area contributed by atoms with Crippen molar-refractivity contribution in [2.24, 2.45) is 5.92 Å². The summed E-state index contributed by atoms with van der Waals surface area (Å²) in [5.74, 6) is 0.839. The predicted octanol–water partition coefficient (Wildman–Crippen LogP) is 2.14. The summed E-state index contributed by atoms with van der Waals surface area (Å²) in [5, 5.41) is 7.58. The van der Waals surface area contributed by atoms with E-state index in [0.717, 1.165) is 31.7 Å². The number of nitrogens with one attached hydrogen (secondary N) is 1. The number of carbonyl (C=O) groups excluding carboxylic acids is 1. The second-order valence-electron chi connectivity index (χ2n) is 7.20. The molecule has 3 heterocycles. The van der Waals surface area contributed by atoms with Crippen molar-refractivity contribution in [3.63, 3.8) is 0 Å². The number of hydrogen-bond acceptors (Lipinski definition) is 4. The second kappa shape index (κ2) is 7.35. The molecule has 1 fully saturated rings. The summed E-state index contributed by atoms with van der Waals surface area (Å²) in [6.07, 6.45) is 7.76. The molecule has 0 aromatic carbocycles. The van der Waals surface area contributed by atoms with Gasteiger partial charge in [0.25, 0.3) is 0 Å². The molecular formula is C19H25N5O. The fourth-order valence-electron chi connectivity index (χ4n) is 3.55. The quantitative estimate of drug-likeness (QED) is 0.839. The number of pyridine rings is 1. The highest BCUT2D eigenvalue weighted by Gasteiger charge is 2.27. The maximum absolute atomic E-state index is 11.9. The third kappa shape index (κ3) is 4.25. The topological polar surface area (TPSA) is 63.1 Å². The minimum absolute atomic E-state index is 0.198. The first-order valence-electron chi connectivity index (χ1n) is 9.19. The van der Waals surface area contributed by atoms with Crippen LogP contribution in [0.2, 0.25) is 0 Å². The van der Waals surface area contributed by atoms with Gasteiger partial charge in [-0.1, -0.05) is 6.07 Å². The first-order valence-corrected chi connectivity index (χ1v) is 9.19. The van der Waals surface area contributed by atoms with E-state index in [1.807, 2.05) is 24.5 Å². The number of hydrogen-bond donors (Lipinski definition) is 1. The van der Waals surface area contributed by atoms with Gasteiger partial charge >= 0.3 is 0 Å². The van der Waals surface area contributed by atoms with Crippen LogP contribution in [-0.2, 0) is 17.9 Å². The van der Waals surface area contributed by atoms with Gasteiger partial charge in [-0.2, -0.15) is 5.10 Å². The van der Waals surface area contributed by atoms with Crippen molar-refractivity contribution in [2.45, 2.75) is 44.8 Å². The molecule has 2 aromatic heterocycles. The van der Waals surface area contributed by atoms with Crippen LogP contribution in [-0.4, -0.2) is 38.7 Å². The van der Waals surface area contributed by atoms with Crippen LogP contribution in [0.1, 0.15) is 43.1 Å². The van der Waals surface area contributed by atoms with Gasteiger partial charge in [0.2, 0.25) is 5.91 Å². The molecule has 0 radical (unpaired) electrons. The van der Waals surface area contributed by atoms with Crippen LogP contribution in [0.5, 0.6) is 0 Å². The summed E-state index contributed by atoms with van der Waals surface area (Å²) < 4.78 is 2.13. The number of nitrogens with zero attached hydrogens (tertiary/aromatic N) is 4. The Kier molecular flexibility index (Phi) is 4.78. The lowest BCUT2D eigenvalue weighted by molar-refractivity contribution is -0.121. The highest BCUT2D eigenvalue weighted by atomic mass is 16.1. The number of aromatic nitrogens is 3. The van der Waals surface area contributed by atoms with E-state index in [2.05, 4.69) is 37.1 Å². The summed E-state index contributed by atoms with van der Waals surface area (Å²) in [6.45, 7) is 3.38. The van der Waals surface area contributed by atoms with Gasteiger partial charge in [-0.05, 0) is 43.4 Å². The summed E-state index contributed by atoms with van der Waals surface area (Å²) in [7, 11) is 0. The van der Waals surface area contributed by atoms with Gasteiger partial charge in [-0.25, -0.2) is 0 Å². The van der Waals surface area contributed by atoms with Crippen LogP contribution in [0, 0.1) is 5.92 Å². The molecule has 0 spiro atoms. The molecule has 1 aliphatic carbocycles. The molecule has 2 aliphatic rings. The van der Waals surface area contributed by atoms with Crippen LogP contribution in [0.15, 0.2) is 36.7 Å². The van der Waals surface area contributed by atoms with Gasteiger partial charge in [0.05, 0.1) is 17.4 Å². The number of rotatable bonds is 7. The fraction of sp³-hybridized carbons (Fsp3) is 0.526. The molecule has 6 nitrogen and oxygen atoms in total. The average Bonchev–Trinajstić information content (AvgIpc) is 3.29. The van der Waals surface area contributed by atoms with Gasteiger partial charge in [0, 0.05) is 45.0 Å². The number of amides is 1. The zero-order chi connectivity index (χ0) is 17.1. The van der Waals surface area contributed by atoms with Crippen molar-refractivity contribution in [3.05, 3.63) is 48.0 Å². The monoisotopic (exact) mass is 339 g/mol. The first kappa shape index (κ1) is 16.3. The van der Waals surface area contributed by atoms with Crippen LogP contribution in [0.4, 0.5) is 0 Å². The van der Waals surface area contributed by atoms with Gasteiger partial charge in [0.1, 0.15) is 0 Å². The van der Waals surface area contributed by atoms with Crippen LogP contribution >= 0.6 is 0 Å². The molecule has 1 atom stereocenters. The minimum Gasteiger partial charge on any atom is -0.356 e. The Balaban J connectivity index is 1.34. The zero-order valence-electron chi connectivity index (χ0n) is 14.5. The van der Waals surface area contributed by atoms with Crippen molar-refractivity contribution in [1.82, 2.24) is 25.0 Å². The Hall–Kier alpha value is -2.21. The molecule has 0 saturated heterocycles. The summed E-state index contributed by atoms with van der Waals surface area (Å²) in [5.41, 5.74) is 2.32. The highest BCUT2D eigenvalue weighted by molar-refractivity contribution is 5.76. The van der Waals surface area contributed by atoms with Crippen molar-refractivity contribution in [3.8, 4) is 0 Å². The molecule has 1 N–H and O–H groups in total. The van der Waals surface area contributed by atoms with Gasteiger partial charge in [0.15, 0.2) is 0 Å². The summed E-state index contributed by atoms with van der Waals surface area (Å²) in [4.78, 5) is 18.7. The lowest BCUT2D eigenvalue weighted by atomic mass is 10.1. The van der Waals surface area contributed by atoms with Crippen molar-refractivity contribution >= 4 is 5.91 Å². The Labute approximate surface area is 148 Å². The normalized spacial score (nSPS) is 20.2. The van der Waals surface area contributed by atoms with Crippen LogP contribution in [0.3, 0.4) is 0 Å². The predicted molar refractivity (Wildman–Crippen MR) is 94.6 cm³/mol. The number of carbonyl (C=O) groups is 1. The highest BCUT2D eigenvalue weighted by Crippen LogP contribution is 2.32. The standard InChI is InChI=1S/C19H25N5O/c25-19(11-15-4-5-15)21-9-6-17-13-23(12-16-3-1-2-8-20-16)14-18-7-10-22-24(17)18/h1-3,7-8,10,15,17H,4-6,9,11-14H2,(H,21,25). The van der Waals surface area contributed by atoms with Gasteiger partial charge in [-0.15, -0.1) is 0 Å². The minimum atomic E-state index is 0.198. The van der Waals surface area contributed by atoms with E-state index in [1.54, 1.807) is 0 Å². The molecule has 0 bridgehead atoms. The Bertz CT molecular complexity index is 710. The third-order valence-electron chi connectivity index (χ3n) is 5.04. The fourth-order valence-corrected chi connectivity index (χ4v) is 3.55. The van der Waals surface area contributed by atoms with E-state index in [4.69, 9.17) is 0 Å². The van der Waals surface area contributed by atoms with Crippen molar-refractivity contribution in [1.29, 1.82) is 0 Å². The summed E-state index contributed by atoms with van der Waals surface area (Å²) in [6, 6.07) is 8.43. The largest absolute Gasteiger partial charge is 0.356 e. The van der Waals surface area contributed by atoms with Crippen LogP contribution in [0.25, 0.3) is 0 Å². The lowest BCUT2D eigenvalue weighted by Gasteiger charge is -2.33. The van der Waals surface area contributed by atoms with Gasteiger partial charge in [-0.3, -0.25) is 19.4 Å². The molecule has 1 aliphatic heterocycles. The maximum atomic E-state index is 11.9. The molecule has 1 saturated carbocycles. The molecule has 6 heteroatoms. The van der Waals surface area contributed by atoms with E-state index in [-0.39, 0.29) is 5.91 Å². The van der Waals surface area contributed by atoms with E-state index in [1.165, 1.54) is 18.5 Å². The Morgan fingerprint density at radius 3 is 2.96 bits per heavy atom. The molecule has 132 valence electrons.